The fourth-order valence-corrected chi connectivity index (χ4v) is 2.13. The molecule has 1 fully saturated rings. The number of thiophene rings is 1. The minimum Gasteiger partial charge on any atom is -0.395 e. The minimum atomic E-state index is -0.0613. The Kier molecular flexibility index (Phi) is 1.71. The molecule has 11 heavy (non-hydrogen) atoms. The maximum atomic E-state index is 9.14. The van der Waals surface area contributed by atoms with Gasteiger partial charge < -0.3 is 9.84 Å². The van der Waals surface area contributed by atoms with Gasteiger partial charge in [0.25, 0.3) is 0 Å². The number of rotatable bonds is 2. The highest BCUT2D eigenvalue weighted by Gasteiger charge is 2.40. The van der Waals surface area contributed by atoms with Crippen molar-refractivity contribution in [2.45, 2.75) is 5.41 Å². The van der Waals surface area contributed by atoms with E-state index >= 15 is 0 Å². The van der Waals surface area contributed by atoms with Gasteiger partial charge in [-0.2, -0.15) is 0 Å². The summed E-state index contributed by atoms with van der Waals surface area (Å²) in [7, 11) is 0. The second-order valence-electron chi connectivity index (χ2n) is 2.91. The van der Waals surface area contributed by atoms with Gasteiger partial charge in [0.2, 0.25) is 0 Å². The van der Waals surface area contributed by atoms with Crippen molar-refractivity contribution in [2.75, 3.05) is 19.8 Å². The number of aliphatic hydroxyl groups excluding tert-OH is 1. The molecule has 0 aliphatic carbocycles. The van der Waals surface area contributed by atoms with Crippen LogP contribution in [0.1, 0.15) is 4.88 Å². The monoisotopic (exact) mass is 170 g/mol. The third-order valence-corrected chi connectivity index (χ3v) is 3.22. The zero-order valence-corrected chi connectivity index (χ0v) is 6.93. The Labute approximate surface area is 69.4 Å². The van der Waals surface area contributed by atoms with E-state index in [9.17, 15) is 0 Å². The van der Waals surface area contributed by atoms with Crippen LogP contribution in [0.25, 0.3) is 0 Å². The summed E-state index contributed by atoms with van der Waals surface area (Å²) in [5, 5.41) is 11.2. The van der Waals surface area contributed by atoms with E-state index in [1.807, 2.05) is 11.4 Å². The molecule has 0 bridgehead atoms. The smallest absolute Gasteiger partial charge is 0.0744 e. The molecule has 0 atom stereocenters. The maximum Gasteiger partial charge on any atom is 0.0744 e. The van der Waals surface area contributed by atoms with Gasteiger partial charge in [-0.1, -0.05) is 6.07 Å². The lowest BCUT2D eigenvalue weighted by atomic mass is 9.85. The normalized spacial score (nSPS) is 21.2. The van der Waals surface area contributed by atoms with Crippen LogP contribution >= 0.6 is 11.3 Å². The second-order valence-corrected chi connectivity index (χ2v) is 3.86. The average molecular weight is 170 g/mol. The standard InChI is InChI=1S/C8H10O2S/c9-4-8(5-10-6-8)7-2-1-3-11-7/h1-3,9H,4-6H2. The summed E-state index contributed by atoms with van der Waals surface area (Å²) in [5.74, 6) is 0. The fraction of sp³-hybridized carbons (Fsp3) is 0.500. The van der Waals surface area contributed by atoms with Gasteiger partial charge in [-0.05, 0) is 11.4 Å². The number of aliphatic hydroxyl groups is 1. The van der Waals surface area contributed by atoms with E-state index in [0.29, 0.717) is 13.2 Å². The van der Waals surface area contributed by atoms with Gasteiger partial charge in [-0.3, -0.25) is 0 Å². The van der Waals surface area contributed by atoms with Gasteiger partial charge in [-0.25, -0.2) is 0 Å². The predicted molar refractivity (Wildman–Crippen MR) is 43.9 cm³/mol. The van der Waals surface area contributed by atoms with E-state index in [-0.39, 0.29) is 12.0 Å². The SMILES string of the molecule is OCC1(c2cccs2)COC1. The molecule has 0 aromatic carbocycles. The van der Waals surface area contributed by atoms with Crippen LogP contribution < -0.4 is 0 Å². The summed E-state index contributed by atoms with van der Waals surface area (Å²) in [6.45, 7) is 1.54. The Balaban J connectivity index is 2.25. The Morgan fingerprint density at radius 2 is 2.45 bits per heavy atom. The Hall–Kier alpha value is -0.380. The quantitative estimate of drug-likeness (QED) is 0.717. The first-order chi connectivity index (χ1) is 5.37. The predicted octanol–water partition coefficient (Wildman–Crippen LogP) is 1.01. The van der Waals surface area contributed by atoms with Gasteiger partial charge in [0.15, 0.2) is 0 Å². The largest absolute Gasteiger partial charge is 0.395 e. The molecule has 0 unspecified atom stereocenters. The van der Waals surface area contributed by atoms with E-state index in [1.165, 1.54) is 4.88 Å². The van der Waals surface area contributed by atoms with Crippen molar-refractivity contribution in [1.29, 1.82) is 0 Å². The first-order valence-corrected chi connectivity index (χ1v) is 4.48. The number of ether oxygens (including phenoxy) is 1. The lowest BCUT2D eigenvalue weighted by Gasteiger charge is -2.38. The lowest BCUT2D eigenvalue weighted by Crippen LogP contribution is -2.49. The molecule has 3 heteroatoms. The molecule has 1 aromatic heterocycles. The molecule has 0 spiro atoms. The van der Waals surface area contributed by atoms with Crippen molar-refractivity contribution < 1.29 is 9.84 Å². The van der Waals surface area contributed by atoms with Gasteiger partial charge in [-0.15, -0.1) is 11.3 Å². The van der Waals surface area contributed by atoms with E-state index in [2.05, 4.69) is 6.07 Å². The first kappa shape index (κ1) is 7.28. The molecule has 0 saturated carbocycles. The Morgan fingerprint density at radius 3 is 2.82 bits per heavy atom. The molecule has 1 saturated heterocycles. The third kappa shape index (κ3) is 1.00. The molecule has 1 aromatic rings. The van der Waals surface area contributed by atoms with Crippen molar-refractivity contribution in [3.63, 3.8) is 0 Å². The van der Waals surface area contributed by atoms with Crippen molar-refractivity contribution in [3.05, 3.63) is 22.4 Å². The maximum absolute atomic E-state index is 9.14. The fourth-order valence-electron chi connectivity index (χ4n) is 1.24. The van der Waals surface area contributed by atoms with E-state index in [0.717, 1.165) is 0 Å². The second kappa shape index (κ2) is 2.59. The summed E-state index contributed by atoms with van der Waals surface area (Å²) < 4.78 is 5.10. The van der Waals surface area contributed by atoms with Crippen LogP contribution in [0.5, 0.6) is 0 Å². The molecule has 60 valence electrons. The summed E-state index contributed by atoms with van der Waals surface area (Å²) in [5.41, 5.74) is -0.0613. The molecular weight excluding hydrogens is 160 g/mol. The van der Waals surface area contributed by atoms with Crippen molar-refractivity contribution in [1.82, 2.24) is 0 Å². The van der Waals surface area contributed by atoms with Crippen LogP contribution in [-0.2, 0) is 10.2 Å². The molecule has 2 nitrogen and oxygen atoms in total. The molecule has 0 radical (unpaired) electrons. The van der Waals surface area contributed by atoms with Crippen molar-refractivity contribution in [2.24, 2.45) is 0 Å². The molecule has 0 amide bonds. The summed E-state index contributed by atoms with van der Waals surface area (Å²) >= 11 is 1.69. The van der Waals surface area contributed by atoms with Crippen LogP contribution in [0.4, 0.5) is 0 Å². The molecule has 1 aliphatic heterocycles. The molecule has 1 N–H and O–H groups in total. The van der Waals surface area contributed by atoms with Crippen molar-refractivity contribution >= 4 is 11.3 Å². The number of hydrogen-bond donors (Lipinski definition) is 1. The summed E-state index contributed by atoms with van der Waals surface area (Å²) in [4.78, 5) is 1.24. The molecule has 1 aliphatic rings. The molecular formula is C8H10O2S. The first-order valence-electron chi connectivity index (χ1n) is 3.60. The van der Waals surface area contributed by atoms with Crippen LogP contribution in [0.2, 0.25) is 0 Å². The minimum absolute atomic E-state index is 0.0613. The Bertz CT molecular complexity index is 221. The van der Waals surface area contributed by atoms with Crippen LogP contribution in [0, 0.1) is 0 Å². The van der Waals surface area contributed by atoms with Crippen LogP contribution in [0.15, 0.2) is 17.5 Å². The van der Waals surface area contributed by atoms with E-state index < -0.39 is 0 Å². The van der Waals surface area contributed by atoms with Crippen LogP contribution in [-0.4, -0.2) is 24.9 Å². The van der Waals surface area contributed by atoms with Gasteiger partial charge in [0.05, 0.1) is 25.2 Å². The van der Waals surface area contributed by atoms with Crippen molar-refractivity contribution in [3.8, 4) is 0 Å². The van der Waals surface area contributed by atoms with Gasteiger partial charge in [0.1, 0.15) is 0 Å². The van der Waals surface area contributed by atoms with Gasteiger partial charge >= 0.3 is 0 Å². The Morgan fingerprint density at radius 1 is 1.64 bits per heavy atom. The zero-order chi connectivity index (χ0) is 7.73. The zero-order valence-electron chi connectivity index (χ0n) is 6.12. The topological polar surface area (TPSA) is 29.5 Å². The highest BCUT2D eigenvalue weighted by molar-refractivity contribution is 7.10. The highest BCUT2D eigenvalue weighted by atomic mass is 32.1. The lowest BCUT2D eigenvalue weighted by molar-refractivity contribution is -0.0823. The summed E-state index contributed by atoms with van der Waals surface area (Å²) in [6, 6.07) is 4.07. The molecule has 2 rings (SSSR count). The van der Waals surface area contributed by atoms with E-state index in [1.54, 1.807) is 11.3 Å². The van der Waals surface area contributed by atoms with E-state index in [4.69, 9.17) is 9.84 Å². The third-order valence-electron chi connectivity index (χ3n) is 2.10. The summed E-state index contributed by atoms with van der Waals surface area (Å²) in [6.07, 6.45) is 0. The molecule has 2 heterocycles. The average Bonchev–Trinajstić information content (AvgIpc) is 2.39. The highest BCUT2D eigenvalue weighted by Crippen LogP contribution is 2.34. The van der Waals surface area contributed by atoms with Gasteiger partial charge in [0, 0.05) is 4.88 Å². The van der Waals surface area contributed by atoms with Crippen LogP contribution in [0.3, 0.4) is 0 Å². The number of hydrogen-bond acceptors (Lipinski definition) is 3.